The molecule has 0 radical (unpaired) electrons. The molecule has 1 N–H and O–H groups in total. The SMILES string of the molecule is CC[C@H](NC(=O)CN(c1ccc(F)cc1)S(=O)(=O)c1ccc2c(c1)OCCO2)c1ccc2c(c1)CCCC2. The van der Waals surface area contributed by atoms with Crippen molar-refractivity contribution in [1.29, 1.82) is 0 Å². The number of ether oxygens (including phenoxy) is 2. The number of rotatable bonds is 8. The van der Waals surface area contributed by atoms with Crippen molar-refractivity contribution < 1.29 is 27.1 Å². The summed E-state index contributed by atoms with van der Waals surface area (Å²) in [7, 11) is -4.20. The minimum Gasteiger partial charge on any atom is -0.486 e. The highest BCUT2D eigenvalue weighted by Gasteiger charge is 2.30. The Labute approximate surface area is 222 Å². The fourth-order valence-corrected chi connectivity index (χ4v) is 6.43. The molecular formula is C29H31FN2O5S. The number of benzene rings is 3. The molecule has 0 unspecified atom stereocenters. The molecule has 2 aliphatic rings. The van der Waals surface area contributed by atoms with E-state index in [1.165, 1.54) is 60.0 Å². The number of sulfonamides is 1. The molecule has 0 spiro atoms. The van der Waals surface area contributed by atoms with E-state index in [1.807, 2.05) is 13.0 Å². The van der Waals surface area contributed by atoms with Crippen LogP contribution in [-0.2, 0) is 27.7 Å². The fourth-order valence-electron chi connectivity index (χ4n) is 5.00. The van der Waals surface area contributed by atoms with Gasteiger partial charge >= 0.3 is 0 Å². The first-order valence-corrected chi connectivity index (χ1v) is 14.4. The van der Waals surface area contributed by atoms with E-state index < -0.39 is 28.3 Å². The van der Waals surface area contributed by atoms with Crippen molar-refractivity contribution >= 4 is 21.6 Å². The molecule has 5 rings (SSSR count). The van der Waals surface area contributed by atoms with E-state index in [0.29, 0.717) is 31.1 Å². The second kappa shape index (κ2) is 11.0. The quantitative estimate of drug-likeness (QED) is 0.439. The van der Waals surface area contributed by atoms with Crippen LogP contribution in [0.2, 0.25) is 0 Å². The molecule has 0 bridgehead atoms. The third-order valence-corrected chi connectivity index (χ3v) is 8.79. The van der Waals surface area contributed by atoms with Crippen LogP contribution < -0.4 is 19.1 Å². The molecule has 1 aliphatic heterocycles. The number of nitrogens with zero attached hydrogens (tertiary/aromatic N) is 1. The van der Waals surface area contributed by atoms with E-state index in [0.717, 1.165) is 29.1 Å². The van der Waals surface area contributed by atoms with Crippen molar-refractivity contribution in [3.05, 3.63) is 83.2 Å². The van der Waals surface area contributed by atoms with Crippen LogP contribution in [0.4, 0.5) is 10.1 Å². The van der Waals surface area contributed by atoms with Gasteiger partial charge in [0.05, 0.1) is 16.6 Å². The van der Waals surface area contributed by atoms with Gasteiger partial charge < -0.3 is 14.8 Å². The van der Waals surface area contributed by atoms with Gasteiger partial charge in [0.15, 0.2) is 11.5 Å². The van der Waals surface area contributed by atoms with E-state index in [9.17, 15) is 17.6 Å². The van der Waals surface area contributed by atoms with Gasteiger partial charge in [-0.3, -0.25) is 9.10 Å². The summed E-state index contributed by atoms with van der Waals surface area (Å²) in [5, 5.41) is 3.01. The van der Waals surface area contributed by atoms with Gasteiger partial charge in [-0.05, 0) is 85.2 Å². The molecule has 7 nitrogen and oxygen atoms in total. The largest absolute Gasteiger partial charge is 0.486 e. The highest BCUT2D eigenvalue weighted by Crippen LogP contribution is 2.34. The number of hydrogen-bond acceptors (Lipinski definition) is 5. The molecule has 0 aromatic heterocycles. The van der Waals surface area contributed by atoms with Gasteiger partial charge in [-0.25, -0.2) is 12.8 Å². The van der Waals surface area contributed by atoms with Crippen molar-refractivity contribution in [1.82, 2.24) is 5.32 Å². The van der Waals surface area contributed by atoms with Crippen molar-refractivity contribution in [3.63, 3.8) is 0 Å². The molecule has 200 valence electrons. The molecule has 0 saturated heterocycles. The summed E-state index contributed by atoms with van der Waals surface area (Å²) in [5.41, 5.74) is 3.85. The lowest BCUT2D eigenvalue weighted by molar-refractivity contribution is -0.120. The van der Waals surface area contributed by atoms with Gasteiger partial charge in [0, 0.05) is 6.07 Å². The number of amides is 1. The van der Waals surface area contributed by atoms with Gasteiger partial charge in [-0.2, -0.15) is 0 Å². The molecule has 3 aromatic rings. The van der Waals surface area contributed by atoms with E-state index >= 15 is 0 Å². The van der Waals surface area contributed by atoms with Gasteiger partial charge in [0.25, 0.3) is 10.0 Å². The summed E-state index contributed by atoms with van der Waals surface area (Å²) in [6.07, 6.45) is 5.10. The zero-order valence-electron chi connectivity index (χ0n) is 21.3. The van der Waals surface area contributed by atoms with Crippen LogP contribution >= 0.6 is 0 Å². The Morgan fingerprint density at radius 2 is 1.66 bits per heavy atom. The van der Waals surface area contributed by atoms with Gasteiger partial charge in [0.1, 0.15) is 25.6 Å². The zero-order valence-corrected chi connectivity index (χ0v) is 22.1. The zero-order chi connectivity index (χ0) is 26.7. The molecule has 1 amide bonds. The number of carbonyl (C=O) groups excluding carboxylic acids is 1. The molecule has 0 fully saturated rings. The monoisotopic (exact) mass is 538 g/mol. The fraction of sp³-hybridized carbons (Fsp3) is 0.345. The molecule has 38 heavy (non-hydrogen) atoms. The number of hydrogen-bond donors (Lipinski definition) is 1. The van der Waals surface area contributed by atoms with Crippen LogP contribution in [0, 0.1) is 5.82 Å². The summed E-state index contributed by atoms with van der Waals surface area (Å²) < 4.78 is 53.3. The lowest BCUT2D eigenvalue weighted by atomic mass is 9.89. The Kier molecular flexibility index (Phi) is 7.56. The topological polar surface area (TPSA) is 84.9 Å². The number of carbonyl (C=O) groups is 1. The van der Waals surface area contributed by atoms with Gasteiger partial charge in [0.2, 0.25) is 5.91 Å². The molecule has 1 aliphatic carbocycles. The molecule has 9 heteroatoms. The number of halogens is 1. The van der Waals surface area contributed by atoms with Crippen LogP contribution in [-0.4, -0.2) is 34.1 Å². The minimum atomic E-state index is -4.20. The number of anilines is 1. The summed E-state index contributed by atoms with van der Waals surface area (Å²) in [4.78, 5) is 13.2. The maximum Gasteiger partial charge on any atom is 0.264 e. The van der Waals surface area contributed by atoms with Crippen molar-refractivity contribution in [2.24, 2.45) is 0 Å². The number of fused-ring (bicyclic) bond motifs is 2. The predicted molar refractivity (Wildman–Crippen MR) is 143 cm³/mol. The Bertz CT molecular complexity index is 1430. The average Bonchev–Trinajstić information content (AvgIpc) is 2.94. The Morgan fingerprint density at radius 1 is 0.947 bits per heavy atom. The summed E-state index contributed by atoms with van der Waals surface area (Å²) in [6, 6.07) is 15.4. The van der Waals surface area contributed by atoms with Crippen LogP contribution in [0.25, 0.3) is 0 Å². The number of aryl methyl sites for hydroxylation is 2. The second-order valence-corrected chi connectivity index (χ2v) is 11.4. The van der Waals surface area contributed by atoms with Crippen molar-refractivity contribution in [2.75, 3.05) is 24.1 Å². The maximum atomic E-state index is 13.8. The van der Waals surface area contributed by atoms with E-state index in [1.54, 1.807) is 0 Å². The van der Waals surface area contributed by atoms with Crippen LogP contribution in [0.3, 0.4) is 0 Å². The van der Waals surface area contributed by atoms with Crippen LogP contribution in [0.5, 0.6) is 11.5 Å². The van der Waals surface area contributed by atoms with Crippen LogP contribution in [0.1, 0.15) is 48.9 Å². The lowest BCUT2D eigenvalue weighted by Crippen LogP contribution is -2.42. The normalized spacial score (nSPS) is 15.3. The third-order valence-electron chi connectivity index (χ3n) is 7.02. The third kappa shape index (κ3) is 5.48. The molecular weight excluding hydrogens is 507 g/mol. The first-order chi connectivity index (χ1) is 18.3. The van der Waals surface area contributed by atoms with Gasteiger partial charge in [-0.1, -0.05) is 25.1 Å². The Morgan fingerprint density at radius 3 is 2.39 bits per heavy atom. The highest BCUT2D eigenvalue weighted by atomic mass is 32.2. The Balaban J connectivity index is 1.41. The predicted octanol–water partition coefficient (Wildman–Crippen LogP) is 4.94. The van der Waals surface area contributed by atoms with Crippen molar-refractivity contribution in [3.8, 4) is 11.5 Å². The summed E-state index contributed by atoms with van der Waals surface area (Å²) in [5.74, 6) is -0.190. The molecule has 3 aromatic carbocycles. The summed E-state index contributed by atoms with van der Waals surface area (Å²) in [6.45, 7) is 2.20. The smallest absolute Gasteiger partial charge is 0.264 e. The lowest BCUT2D eigenvalue weighted by Gasteiger charge is -2.27. The minimum absolute atomic E-state index is 0.0550. The molecule has 0 saturated carbocycles. The Hall–Kier alpha value is -3.59. The first-order valence-electron chi connectivity index (χ1n) is 12.9. The molecule has 1 heterocycles. The van der Waals surface area contributed by atoms with E-state index in [2.05, 4.69) is 17.4 Å². The highest BCUT2D eigenvalue weighted by molar-refractivity contribution is 7.92. The maximum absolute atomic E-state index is 13.8. The molecule has 1 atom stereocenters. The van der Waals surface area contributed by atoms with E-state index in [4.69, 9.17) is 9.47 Å². The second-order valence-electron chi connectivity index (χ2n) is 9.56. The van der Waals surface area contributed by atoms with Crippen molar-refractivity contribution in [2.45, 2.75) is 50.0 Å². The van der Waals surface area contributed by atoms with Gasteiger partial charge in [-0.15, -0.1) is 0 Å². The average molecular weight is 539 g/mol. The standard InChI is InChI=1S/C29H31FN2O5S/c1-2-26(22-8-7-20-5-3-4-6-21(20)17-22)31-29(33)19-32(24-11-9-23(30)10-12-24)38(34,35)25-13-14-27-28(18-25)37-16-15-36-27/h7-14,17-18,26H,2-6,15-16,19H2,1H3,(H,31,33)/t26-/m0/s1. The van der Waals surface area contributed by atoms with E-state index in [-0.39, 0.29) is 16.6 Å². The van der Waals surface area contributed by atoms with Crippen LogP contribution in [0.15, 0.2) is 65.6 Å². The first kappa shape index (κ1) is 26.0. The summed E-state index contributed by atoms with van der Waals surface area (Å²) >= 11 is 0. The number of nitrogens with one attached hydrogen (secondary N) is 1.